The van der Waals surface area contributed by atoms with Crippen LogP contribution in [0.4, 0.5) is 13.2 Å². The van der Waals surface area contributed by atoms with Crippen molar-refractivity contribution in [1.82, 2.24) is 9.88 Å². The van der Waals surface area contributed by atoms with Gasteiger partial charge in [0.15, 0.2) is 0 Å². The molecule has 0 atom stereocenters. The van der Waals surface area contributed by atoms with Crippen molar-refractivity contribution < 1.29 is 18.3 Å². The molecule has 0 fully saturated rings. The number of thiazole rings is 1. The Kier molecular flexibility index (Phi) is 5.74. The lowest BCUT2D eigenvalue weighted by atomic mass is 10.3. The molecule has 2 aromatic heterocycles. The number of aliphatic hydroxyl groups is 1. The van der Waals surface area contributed by atoms with E-state index < -0.39 is 12.7 Å². The zero-order valence-electron chi connectivity index (χ0n) is 11.1. The van der Waals surface area contributed by atoms with Gasteiger partial charge in [0.05, 0.1) is 17.1 Å². The third-order valence-corrected chi connectivity index (χ3v) is 4.63. The predicted molar refractivity (Wildman–Crippen MR) is 78.5 cm³/mol. The molecule has 8 heteroatoms. The lowest BCUT2D eigenvalue weighted by molar-refractivity contribution is -0.147. The Morgan fingerprint density at radius 1 is 1.29 bits per heavy atom. The van der Waals surface area contributed by atoms with E-state index in [1.54, 1.807) is 16.7 Å². The van der Waals surface area contributed by atoms with Crippen LogP contribution >= 0.6 is 22.7 Å². The molecule has 0 bridgehead atoms. The van der Waals surface area contributed by atoms with Crippen LogP contribution in [-0.4, -0.2) is 40.9 Å². The molecule has 0 aromatic carbocycles. The van der Waals surface area contributed by atoms with E-state index in [1.807, 2.05) is 17.5 Å². The maximum atomic E-state index is 12.5. The first-order chi connectivity index (χ1) is 9.98. The van der Waals surface area contributed by atoms with Gasteiger partial charge in [0, 0.05) is 25.1 Å². The van der Waals surface area contributed by atoms with Crippen molar-refractivity contribution in [2.45, 2.75) is 19.1 Å². The Hall–Kier alpha value is -0.960. The van der Waals surface area contributed by atoms with Gasteiger partial charge in [0.2, 0.25) is 0 Å². The lowest BCUT2D eigenvalue weighted by Gasteiger charge is -2.22. The highest BCUT2D eigenvalue weighted by molar-refractivity contribution is 7.20. The molecule has 0 amide bonds. The second-order valence-electron chi connectivity index (χ2n) is 4.52. The topological polar surface area (TPSA) is 36.4 Å². The molecule has 0 aliphatic rings. The molecule has 3 nitrogen and oxygen atoms in total. The fourth-order valence-corrected chi connectivity index (χ4v) is 3.51. The molecule has 0 aliphatic carbocycles. The van der Waals surface area contributed by atoms with Crippen molar-refractivity contribution >= 4 is 22.7 Å². The molecule has 0 aliphatic heterocycles. The third-order valence-electron chi connectivity index (χ3n) is 2.70. The molecule has 0 spiro atoms. The van der Waals surface area contributed by atoms with Crippen LogP contribution < -0.4 is 0 Å². The van der Waals surface area contributed by atoms with Gasteiger partial charge >= 0.3 is 6.18 Å². The van der Waals surface area contributed by atoms with Crippen LogP contribution in [0.25, 0.3) is 9.88 Å². The number of aromatic nitrogens is 1. The number of aliphatic hydroxyl groups excluding tert-OH is 1. The van der Waals surface area contributed by atoms with Gasteiger partial charge in [0.1, 0.15) is 5.01 Å². The summed E-state index contributed by atoms with van der Waals surface area (Å²) in [4.78, 5) is 6.67. The molecular weight excluding hydrogens is 321 g/mol. The zero-order valence-corrected chi connectivity index (χ0v) is 12.8. The lowest BCUT2D eigenvalue weighted by Crippen LogP contribution is -2.35. The van der Waals surface area contributed by atoms with Gasteiger partial charge in [-0.05, 0) is 17.9 Å². The van der Waals surface area contributed by atoms with Gasteiger partial charge in [-0.25, -0.2) is 4.98 Å². The highest BCUT2D eigenvalue weighted by Gasteiger charge is 2.30. The quantitative estimate of drug-likeness (QED) is 0.839. The summed E-state index contributed by atoms with van der Waals surface area (Å²) in [5.41, 5.74) is 0.630. The molecule has 0 unspecified atom stereocenters. The van der Waals surface area contributed by atoms with E-state index in [4.69, 9.17) is 5.11 Å². The zero-order chi connectivity index (χ0) is 15.3. The molecule has 0 saturated heterocycles. The fraction of sp³-hybridized carbons (Fsp3) is 0.462. The van der Waals surface area contributed by atoms with Gasteiger partial charge in [-0.15, -0.1) is 22.7 Å². The van der Waals surface area contributed by atoms with Crippen LogP contribution in [0.3, 0.4) is 0 Å². The average Bonchev–Trinajstić information content (AvgIpc) is 3.04. The highest BCUT2D eigenvalue weighted by Crippen LogP contribution is 2.28. The second-order valence-corrected chi connectivity index (χ2v) is 6.33. The average molecular weight is 336 g/mol. The largest absolute Gasteiger partial charge is 0.401 e. The fourth-order valence-electron chi connectivity index (χ4n) is 1.88. The van der Waals surface area contributed by atoms with Crippen molar-refractivity contribution in [3.8, 4) is 9.88 Å². The van der Waals surface area contributed by atoms with Crippen LogP contribution in [-0.2, 0) is 6.54 Å². The molecule has 0 saturated carbocycles. The van der Waals surface area contributed by atoms with Gasteiger partial charge in [-0.2, -0.15) is 13.2 Å². The molecular formula is C13H15F3N2OS2. The molecule has 2 heterocycles. The first-order valence-corrected chi connectivity index (χ1v) is 8.12. The number of hydrogen-bond acceptors (Lipinski definition) is 5. The van der Waals surface area contributed by atoms with Crippen LogP contribution in [0.15, 0.2) is 22.9 Å². The Labute approximate surface area is 128 Å². The SMILES string of the molecule is OCCCN(Cc1csc(-c2cccs2)n1)CC(F)(F)F. The van der Waals surface area contributed by atoms with Crippen LogP contribution in [0.5, 0.6) is 0 Å². The standard InChI is InChI=1S/C13H15F3N2OS2/c14-13(15,16)9-18(4-2-5-19)7-10-8-21-12(17-10)11-3-1-6-20-11/h1,3,6,8,19H,2,4-5,7,9H2. The van der Waals surface area contributed by atoms with E-state index in [-0.39, 0.29) is 19.7 Å². The second kappa shape index (κ2) is 7.35. The highest BCUT2D eigenvalue weighted by atomic mass is 32.1. The number of alkyl halides is 3. The van der Waals surface area contributed by atoms with Crippen molar-refractivity contribution in [3.05, 3.63) is 28.6 Å². The summed E-state index contributed by atoms with van der Waals surface area (Å²) in [6.07, 6.45) is -3.93. The first kappa shape index (κ1) is 16.4. The number of halogens is 3. The Bertz CT molecular complexity index is 540. The van der Waals surface area contributed by atoms with Crippen molar-refractivity contribution in [3.63, 3.8) is 0 Å². The number of nitrogens with zero attached hydrogens (tertiary/aromatic N) is 2. The van der Waals surface area contributed by atoms with E-state index in [2.05, 4.69) is 4.98 Å². The van der Waals surface area contributed by atoms with Crippen molar-refractivity contribution in [2.75, 3.05) is 19.7 Å². The first-order valence-electron chi connectivity index (χ1n) is 6.36. The summed E-state index contributed by atoms with van der Waals surface area (Å²) in [7, 11) is 0. The summed E-state index contributed by atoms with van der Waals surface area (Å²) >= 11 is 2.99. The minimum atomic E-state index is -4.25. The van der Waals surface area contributed by atoms with Crippen molar-refractivity contribution in [1.29, 1.82) is 0 Å². The minimum absolute atomic E-state index is 0.119. The molecule has 2 rings (SSSR count). The monoisotopic (exact) mass is 336 g/mol. The molecule has 1 N–H and O–H groups in total. The van der Waals surface area contributed by atoms with E-state index in [9.17, 15) is 13.2 Å². The van der Waals surface area contributed by atoms with Crippen LogP contribution in [0, 0.1) is 0 Å². The summed E-state index contributed by atoms with van der Waals surface area (Å²) in [6, 6.07) is 3.85. The summed E-state index contributed by atoms with van der Waals surface area (Å²) < 4.78 is 37.6. The number of rotatable bonds is 7. The van der Waals surface area contributed by atoms with E-state index >= 15 is 0 Å². The third kappa shape index (κ3) is 5.39. The summed E-state index contributed by atoms with van der Waals surface area (Å²) in [6.45, 7) is -0.770. The Morgan fingerprint density at radius 3 is 2.71 bits per heavy atom. The number of hydrogen-bond donors (Lipinski definition) is 1. The van der Waals surface area contributed by atoms with Gasteiger partial charge in [0.25, 0.3) is 0 Å². The van der Waals surface area contributed by atoms with Crippen molar-refractivity contribution in [2.24, 2.45) is 0 Å². The van der Waals surface area contributed by atoms with E-state index in [0.717, 1.165) is 9.88 Å². The molecule has 21 heavy (non-hydrogen) atoms. The van der Waals surface area contributed by atoms with E-state index in [1.165, 1.54) is 16.2 Å². The molecule has 0 radical (unpaired) electrons. The predicted octanol–water partition coefficient (Wildman–Crippen LogP) is 3.62. The van der Waals surface area contributed by atoms with Crippen LogP contribution in [0.2, 0.25) is 0 Å². The normalized spacial score (nSPS) is 12.2. The van der Waals surface area contributed by atoms with Gasteiger partial charge < -0.3 is 5.11 Å². The maximum Gasteiger partial charge on any atom is 0.401 e. The minimum Gasteiger partial charge on any atom is -0.396 e. The Balaban J connectivity index is 2.02. The summed E-state index contributed by atoms with van der Waals surface area (Å²) in [5, 5.41) is 13.3. The Morgan fingerprint density at radius 2 is 2.10 bits per heavy atom. The summed E-state index contributed by atoms with van der Waals surface area (Å²) in [5.74, 6) is 0. The number of thiophene rings is 1. The van der Waals surface area contributed by atoms with Gasteiger partial charge in [-0.3, -0.25) is 4.90 Å². The van der Waals surface area contributed by atoms with Crippen LogP contribution in [0.1, 0.15) is 12.1 Å². The molecule has 2 aromatic rings. The van der Waals surface area contributed by atoms with Gasteiger partial charge in [-0.1, -0.05) is 6.07 Å². The van der Waals surface area contributed by atoms with E-state index in [0.29, 0.717) is 12.1 Å². The molecule has 116 valence electrons. The maximum absolute atomic E-state index is 12.5. The smallest absolute Gasteiger partial charge is 0.396 e.